The summed E-state index contributed by atoms with van der Waals surface area (Å²) in [5.41, 5.74) is -0.371. The smallest absolute Gasteiger partial charge is 0.410 e. The van der Waals surface area contributed by atoms with E-state index in [2.05, 4.69) is 0 Å². The highest BCUT2D eigenvalue weighted by Crippen LogP contribution is 2.27. The highest BCUT2D eigenvalue weighted by molar-refractivity contribution is 7.92. The number of methoxy groups -OCH3 is 1. The summed E-state index contributed by atoms with van der Waals surface area (Å²) in [6.07, 6.45) is 0.557. The van der Waals surface area contributed by atoms with Gasteiger partial charge < -0.3 is 19.1 Å². The number of benzene rings is 1. The molecule has 1 aromatic carbocycles. The molecule has 9 nitrogen and oxygen atoms in total. The summed E-state index contributed by atoms with van der Waals surface area (Å²) >= 11 is 0. The van der Waals surface area contributed by atoms with Crippen LogP contribution in [0.25, 0.3) is 0 Å². The number of carbonyl (C=O) groups is 2. The molecule has 0 atom stereocenters. The van der Waals surface area contributed by atoms with E-state index in [-0.39, 0.29) is 24.4 Å². The van der Waals surface area contributed by atoms with Gasteiger partial charge in [0.05, 0.1) is 31.2 Å². The maximum absolute atomic E-state index is 12.1. The standard InChI is InChI=1S/C18H28N2O7S/c1-18(2,3)27-17(22)19(4)10-11-26-13-8-9-15(20(5)28(7,23)24)14(12-13)16(21)25-6/h8-9,12H,10-11H2,1-7H3. The Hall–Kier alpha value is -2.49. The summed E-state index contributed by atoms with van der Waals surface area (Å²) in [6, 6.07) is 4.40. The largest absolute Gasteiger partial charge is 0.492 e. The Bertz CT molecular complexity index is 816. The molecule has 0 radical (unpaired) electrons. The van der Waals surface area contributed by atoms with Crippen molar-refractivity contribution in [1.82, 2.24) is 4.90 Å². The molecule has 0 aliphatic rings. The molecular weight excluding hydrogens is 388 g/mol. The van der Waals surface area contributed by atoms with E-state index in [1.807, 2.05) is 0 Å². The van der Waals surface area contributed by atoms with Crippen LogP contribution in [0.15, 0.2) is 18.2 Å². The molecule has 0 saturated heterocycles. The Morgan fingerprint density at radius 3 is 2.25 bits per heavy atom. The lowest BCUT2D eigenvalue weighted by Gasteiger charge is -2.24. The van der Waals surface area contributed by atoms with Gasteiger partial charge in [0.15, 0.2) is 0 Å². The third-order valence-electron chi connectivity index (χ3n) is 3.61. The van der Waals surface area contributed by atoms with Crippen molar-refractivity contribution in [3.63, 3.8) is 0 Å². The van der Waals surface area contributed by atoms with Crippen LogP contribution in [0.3, 0.4) is 0 Å². The monoisotopic (exact) mass is 416 g/mol. The van der Waals surface area contributed by atoms with Gasteiger partial charge in [0.25, 0.3) is 0 Å². The number of amides is 1. The number of anilines is 1. The van der Waals surface area contributed by atoms with Crippen LogP contribution in [0.5, 0.6) is 5.75 Å². The van der Waals surface area contributed by atoms with E-state index in [1.165, 1.54) is 37.3 Å². The van der Waals surface area contributed by atoms with Crippen molar-refractivity contribution in [2.45, 2.75) is 26.4 Å². The third kappa shape index (κ3) is 6.91. The minimum Gasteiger partial charge on any atom is -0.492 e. The quantitative estimate of drug-likeness (QED) is 0.627. The maximum atomic E-state index is 12.1. The average molecular weight is 416 g/mol. The molecule has 1 rings (SSSR count). The first kappa shape index (κ1) is 23.5. The van der Waals surface area contributed by atoms with Gasteiger partial charge in [-0.2, -0.15) is 0 Å². The average Bonchev–Trinajstić information content (AvgIpc) is 2.57. The predicted octanol–water partition coefficient (Wildman–Crippen LogP) is 2.11. The molecule has 0 aromatic heterocycles. The van der Waals surface area contributed by atoms with Crippen LogP contribution in [0.4, 0.5) is 10.5 Å². The number of rotatable bonds is 7. The summed E-state index contributed by atoms with van der Waals surface area (Å²) in [5.74, 6) is -0.356. The maximum Gasteiger partial charge on any atom is 0.410 e. The van der Waals surface area contributed by atoms with Gasteiger partial charge in [-0.15, -0.1) is 0 Å². The molecule has 0 fully saturated rings. The molecule has 0 aliphatic heterocycles. The molecule has 10 heteroatoms. The van der Waals surface area contributed by atoms with E-state index in [1.54, 1.807) is 27.8 Å². The molecular formula is C18H28N2O7S. The summed E-state index contributed by atoms with van der Waals surface area (Å²) < 4.78 is 40.1. The number of likely N-dealkylation sites (N-methyl/N-ethyl adjacent to an activating group) is 1. The zero-order valence-corrected chi connectivity index (χ0v) is 18.1. The van der Waals surface area contributed by atoms with Crippen molar-refractivity contribution < 1.29 is 32.2 Å². The molecule has 0 heterocycles. The van der Waals surface area contributed by atoms with Crippen molar-refractivity contribution in [3.8, 4) is 5.75 Å². The van der Waals surface area contributed by atoms with Gasteiger partial charge in [-0.3, -0.25) is 4.31 Å². The number of nitrogens with zero attached hydrogens (tertiary/aromatic N) is 2. The number of carbonyl (C=O) groups excluding carboxylic acids is 2. The van der Waals surface area contributed by atoms with E-state index in [0.717, 1.165) is 10.6 Å². The van der Waals surface area contributed by atoms with E-state index in [0.29, 0.717) is 5.75 Å². The normalized spacial score (nSPS) is 11.5. The van der Waals surface area contributed by atoms with Crippen LogP contribution in [-0.4, -0.2) is 71.6 Å². The van der Waals surface area contributed by atoms with Crippen molar-refractivity contribution in [2.24, 2.45) is 0 Å². The van der Waals surface area contributed by atoms with Gasteiger partial charge >= 0.3 is 12.1 Å². The fourth-order valence-electron chi connectivity index (χ4n) is 2.06. The summed E-state index contributed by atoms with van der Waals surface area (Å²) in [4.78, 5) is 25.3. The highest BCUT2D eigenvalue weighted by atomic mass is 32.2. The number of sulfonamides is 1. The molecule has 158 valence electrons. The SMILES string of the molecule is COC(=O)c1cc(OCCN(C)C(=O)OC(C)(C)C)ccc1N(C)S(C)(=O)=O. The van der Waals surface area contributed by atoms with Crippen LogP contribution in [0.2, 0.25) is 0 Å². The highest BCUT2D eigenvalue weighted by Gasteiger charge is 2.22. The van der Waals surface area contributed by atoms with E-state index < -0.39 is 27.7 Å². The second-order valence-electron chi connectivity index (χ2n) is 7.15. The molecule has 0 saturated carbocycles. The van der Waals surface area contributed by atoms with Gasteiger partial charge in [0.1, 0.15) is 18.0 Å². The predicted molar refractivity (Wildman–Crippen MR) is 105 cm³/mol. The van der Waals surface area contributed by atoms with E-state index in [9.17, 15) is 18.0 Å². The number of ether oxygens (including phenoxy) is 3. The van der Waals surface area contributed by atoms with Crippen LogP contribution in [0, 0.1) is 0 Å². The molecule has 1 amide bonds. The van der Waals surface area contributed by atoms with Gasteiger partial charge in [0, 0.05) is 14.1 Å². The topological polar surface area (TPSA) is 102 Å². The minimum absolute atomic E-state index is 0.0495. The Morgan fingerprint density at radius 1 is 1.14 bits per heavy atom. The Labute approximate surface area is 166 Å². The fraction of sp³-hybridized carbons (Fsp3) is 0.556. The second-order valence-corrected chi connectivity index (χ2v) is 9.17. The first-order valence-corrected chi connectivity index (χ1v) is 10.3. The van der Waals surface area contributed by atoms with Crippen LogP contribution in [0.1, 0.15) is 31.1 Å². The first-order chi connectivity index (χ1) is 12.8. The second kappa shape index (κ2) is 9.13. The van der Waals surface area contributed by atoms with Crippen molar-refractivity contribution >= 4 is 27.8 Å². The molecule has 0 spiro atoms. The lowest BCUT2D eigenvalue weighted by Crippen LogP contribution is -2.36. The molecule has 0 unspecified atom stereocenters. The molecule has 1 aromatic rings. The molecule has 28 heavy (non-hydrogen) atoms. The molecule has 0 N–H and O–H groups in total. The lowest BCUT2D eigenvalue weighted by atomic mass is 10.1. The summed E-state index contributed by atoms with van der Waals surface area (Å²) in [7, 11) is 0.571. The Balaban J connectivity index is 2.88. The van der Waals surface area contributed by atoms with E-state index in [4.69, 9.17) is 14.2 Å². The van der Waals surface area contributed by atoms with Gasteiger partial charge in [-0.25, -0.2) is 18.0 Å². The third-order valence-corrected chi connectivity index (χ3v) is 4.80. The Morgan fingerprint density at radius 2 is 1.75 bits per heavy atom. The number of hydrogen-bond donors (Lipinski definition) is 0. The van der Waals surface area contributed by atoms with Crippen LogP contribution < -0.4 is 9.04 Å². The minimum atomic E-state index is -3.56. The number of hydrogen-bond acceptors (Lipinski definition) is 7. The van der Waals surface area contributed by atoms with Gasteiger partial charge in [-0.1, -0.05) is 0 Å². The van der Waals surface area contributed by atoms with Crippen molar-refractivity contribution in [1.29, 1.82) is 0 Å². The Kier molecular flexibility index (Phi) is 7.68. The first-order valence-electron chi connectivity index (χ1n) is 8.49. The van der Waals surface area contributed by atoms with Gasteiger partial charge in [-0.05, 0) is 39.0 Å². The van der Waals surface area contributed by atoms with Crippen molar-refractivity contribution in [2.75, 3.05) is 44.9 Å². The van der Waals surface area contributed by atoms with E-state index >= 15 is 0 Å². The zero-order valence-electron chi connectivity index (χ0n) is 17.3. The molecule has 0 bridgehead atoms. The zero-order chi connectivity index (χ0) is 21.7. The summed E-state index contributed by atoms with van der Waals surface area (Å²) in [5, 5.41) is 0. The summed E-state index contributed by atoms with van der Waals surface area (Å²) in [6.45, 7) is 5.74. The van der Waals surface area contributed by atoms with Crippen LogP contribution in [-0.2, 0) is 19.5 Å². The lowest BCUT2D eigenvalue weighted by molar-refractivity contribution is 0.0278. The van der Waals surface area contributed by atoms with Crippen LogP contribution >= 0.6 is 0 Å². The fourth-order valence-corrected chi connectivity index (χ4v) is 2.58. The number of esters is 1. The van der Waals surface area contributed by atoms with Gasteiger partial charge in [0.2, 0.25) is 10.0 Å². The van der Waals surface area contributed by atoms with Crippen molar-refractivity contribution in [3.05, 3.63) is 23.8 Å². The molecule has 0 aliphatic carbocycles.